The highest BCUT2D eigenvalue weighted by molar-refractivity contribution is 9.10. The van der Waals surface area contributed by atoms with Gasteiger partial charge in [-0.1, -0.05) is 40.3 Å². The van der Waals surface area contributed by atoms with Gasteiger partial charge in [-0.15, -0.1) is 0 Å². The molecule has 2 aromatic rings. The molecule has 0 amide bonds. The second-order valence-electron chi connectivity index (χ2n) is 4.72. The van der Waals surface area contributed by atoms with Crippen molar-refractivity contribution in [3.05, 3.63) is 63.1 Å². The van der Waals surface area contributed by atoms with Gasteiger partial charge in [0.1, 0.15) is 17.3 Å². The van der Waals surface area contributed by atoms with Gasteiger partial charge < -0.3 is 10.5 Å². The molecule has 0 unspecified atom stereocenters. The minimum Gasteiger partial charge on any atom is -0.488 e. The molecule has 104 valence electrons. The zero-order valence-corrected chi connectivity index (χ0v) is 13.8. The highest BCUT2D eigenvalue weighted by Crippen LogP contribution is 2.26. The number of ether oxygens (including phenoxy) is 1. The summed E-state index contributed by atoms with van der Waals surface area (Å²) in [5, 5.41) is 0. The van der Waals surface area contributed by atoms with Gasteiger partial charge >= 0.3 is 0 Å². The van der Waals surface area contributed by atoms with Gasteiger partial charge in [-0.2, -0.15) is 0 Å². The lowest BCUT2D eigenvalue weighted by Crippen LogP contribution is -2.10. The lowest BCUT2D eigenvalue weighted by Gasteiger charge is -2.14. The summed E-state index contributed by atoms with van der Waals surface area (Å²) in [4.78, 5) is 0.412. The van der Waals surface area contributed by atoms with Crippen LogP contribution >= 0.6 is 28.1 Å². The van der Waals surface area contributed by atoms with Gasteiger partial charge in [0.05, 0.1) is 0 Å². The number of hydrogen-bond donors (Lipinski definition) is 1. The summed E-state index contributed by atoms with van der Waals surface area (Å²) in [5.41, 5.74) is 9.76. The molecule has 20 heavy (non-hydrogen) atoms. The van der Waals surface area contributed by atoms with Crippen molar-refractivity contribution in [1.29, 1.82) is 0 Å². The Morgan fingerprint density at radius 1 is 1.20 bits per heavy atom. The molecular weight excluding hydrogens is 334 g/mol. The van der Waals surface area contributed by atoms with Crippen LogP contribution in [0.4, 0.5) is 0 Å². The SMILES string of the molecule is Cc1cc(C(N)=S)cc(C)c1OCc1cccc(Br)c1. The maximum absolute atomic E-state index is 5.94. The van der Waals surface area contributed by atoms with Gasteiger partial charge in [0.2, 0.25) is 0 Å². The fourth-order valence-electron chi connectivity index (χ4n) is 2.10. The number of rotatable bonds is 4. The summed E-state index contributed by atoms with van der Waals surface area (Å²) in [6, 6.07) is 12.0. The number of hydrogen-bond acceptors (Lipinski definition) is 2. The molecule has 0 heterocycles. The van der Waals surface area contributed by atoms with Crippen LogP contribution in [0.1, 0.15) is 22.3 Å². The van der Waals surface area contributed by atoms with E-state index in [2.05, 4.69) is 15.9 Å². The zero-order valence-electron chi connectivity index (χ0n) is 11.4. The van der Waals surface area contributed by atoms with E-state index in [0.29, 0.717) is 11.6 Å². The average Bonchev–Trinajstić information content (AvgIpc) is 2.37. The van der Waals surface area contributed by atoms with E-state index in [9.17, 15) is 0 Å². The fourth-order valence-corrected chi connectivity index (χ4v) is 2.67. The summed E-state index contributed by atoms with van der Waals surface area (Å²) in [7, 11) is 0. The second-order valence-corrected chi connectivity index (χ2v) is 6.08. The first-order valence-corrected chi connectivity index (χ1v) is 7.46. The van der Waals surface area contributed by atoms with Gasteiger partial charge in [-0.25, -0.2) is 0 Å². The third-order valence-electron chi connectivity index (χ3n) is 3.02. The summed E-state index contributed by atoms with van der Waals surface area (Å²) < 4.78 is 6.99. The number of aryl methyl sites for hydroxylation is 2. The molecular formula is C16H16BrNOS. The quantitative estimate of drug-likeness (QED) is 0.836. The average molecular weight is 350 g/mol. The molecule has 0 bridgehead atoms. The van der Waals surface area contributed by atoms with Crippen molar-refractivity contribution in [2.45, 2.75) is 20.5 Å². The van der Waals surface area contributed by atoms with Crippen molar-refractivity contribution < 1.29 is 4.74 Å². The Hall–Kier alpha value is -1.39. The minimum absolute atomic E-state index is 0.412. The van der Waals surface area contributed by atoms with Gasteiger partial charge in [0.25, 0.3) is 0 Å². The highest BCUT2D eigenvalue weighted by atomic mass is 79.9. The van der Waals surface area contributed by atoms with E-state index in [1.165, 1.54) is 0 Å². The zero-order chi connectivity index (χ0) is 14.7. The van der Waals surface area contributed by atoms with Crippen LogP contribution in [0.2, 0.25) is 0 Å². The molecule has 0 radical (unpaired) electrons. The van der Waals surface area contributed by atoms with Gasteiger partial charge in [0.15, 0.2) is 0 Å². The van der Waals surface area contributed by atoms with E-state index in [0.717, 1.165) is 32.5 Å². The Balaban J connectivity index is 2.20. The summed E-state index contributed by atoms with van der Waals surface area (Å²) >= 11 is 8.47. The third kappa shape index (κ3) is 3.58. The first-order valence-electron chi connectivity index (χ1n) is 6.25. The third-order valence-corrected chi connectivity index (χ3v) is 3.75. The predicted molar refractivity (Wildman–Crippen MR) is 90.3 cm³/mol. The normalized spacial score (nSPS) is 10.3. The van der Waals surface area contributed by atoms with E-state index >= 15 is 0 Å². The van der Waals surface area contributed by atoms with Crippen molar-refractivity contribution >= 4 is 33.1 Å². The summed E-state index contributed by atoms with van der Waals surface area (Å²) in [6.45, 7) is 4.55. The predicted octanol–water partition coefficient (Wildman–Crippen LogP) is 4.28. The van der Waals surface area contributed by atoms with Crippen LogP contribution in [0.25, 0.3) is 0 Å². The summed E-state index contributed by atoms with van der Waals surface area (Å²) in [6.07, 6.45) is 0. The smallest absolute Gasteiger partial charge is 0.125 e. The molecule has 0 saturated heterocycles. The largest absolute Gasteiger partial charge is 0.488 e. The molecule has 0 aromatic heterocycles. The van der Waals surface area contributed by atoms with Crippen molar-refractivity contribution in [3.63, 3.8) is 0 Å². The van der Waals surface area contributed by atoms with E-state index in [-0.39, 0.29) is 0 Å². The van der Waals surface area contributed by atoms with Gasteiger partial charge in [0, 0.05) is 10.0 Å². The molecule has 0 fully saturated rings. The molecule has 0 aliphatic heterocycles. The first-order chi connectivity index (χ1) is 9.47. The standard InChI is InChI=1S/C16H16BrNOS/c1-10-6-13(16(18)20)7-11(2)15(10)19-9-12-4-3-5-14(17)8-12/h3-8H,9H2,1-2H3,(H2,18,20). The maximum atomic E-state index is 5.94. The molecule has 0 saturated carbocycles. The number of thiocarbonyl (C=S) groups is 1. The molecule has 0 spiro atoms. The van der Waals surface area contributed by atoms with Crippen LogP contribution in [0.3, 0.4) is 0 Å². The molecule has 0 aliphatic rings. The topological polar surface area (TPSA) is 35.2 Å². The molecule has 4 heteroatoms. The van der Waals surface area contributed by atoms with Crippen molar-refractivity contribution in [1.82, 2.24) is 0 Å². The van der Waals surface area contributed by atoms with Crippen molar-refractivity contribution in [3.8, 4) is 5.75 Å². The molecule has 0 atom stereocenters. The Morgan fingerprint density at radius 3 is 2.40 bits per heavy atom. The lowest BCUT2D eigenvalue weighted by molar-refractivity contribution is 0.302. The van der Waals surface area contributed by atoms with Crippen LogP contribution in [-0.2, 0) is 6.61 Å². The van der Waals surface area contributed by atoms with Gasteiger partial charge in [-0.05, 0) is 54.8 Å². The van der Waals surface area contributed by atoms with E-state index in [1.54, 1.807) is 0 Å². The van der Waals surface area contributed by atoms with Crippen LogP contribution in [0, 0.1) is 13.8 Å². The van der Waals surface area contributed by atoms with E-state index in [4.69, 9.17) is 22.7 Å². The van der Waals surface area contributed by atoms with E-state index in [1.807, 2.05) is 50.2 Å². The second kappa shape index (κ2) is 6.37. The Bertz CT molecular complexity index is 632. The molecule has 2 rings (SSSR count). The highest BCUT2D eigenvalue weighted by Gasteiger charge is 2.08. The van der Waals surface area contributed by atoms with Crippen molar-refractivity contribution in [2.24, 2.45) is 5.73 Å². The Labute approximate surface area is 133 Å². The van der Waals surface area contributed by atoms with Crippen LogP contribution < -0.4 is 10.5 Å². The molecule has 2 aromatic carbocycles. The van der Waals surface area contributed by atoms with Crippen LogP contribution in [-0.4, -0.2) is 4.99 Å². The van der Waals surface area contributed by atoms with Crippen LogP contribution in [0.5, 0.6) is 5.75 Å². The van der Waals surface area contributed by atoms with Gasteiger partial charge in [-0.3, -0.25) is 0 Å². The number of nitrogens with two attached hydrogens (primary N) is 1. The number of benzene rings is 2. The molecule has 2 N–H and O–H groups in total. The molecule has 0 aliphatic carbocycles. The fraction of sp³-hybridized carbons (Fsp3) is 0.188. The first kappa shape index (κ1) is 15.0. The molecule has 2 nitrogen and oxygen atoms in total. The Morgan fingerprint density at radius 2 is 1.85 bits per heavy atom. The van der Waals surface area contributed by atoms with Crippen molar-refractivity contribution in [2.75, 3.05) is 0 Å². The lowest BCUT2D eigenvalue weighted by atomic mass is 10.1. The minimum atomic E-state index is 0.412. The van der Waals surface area contributed by atoms with Crippen LogP contribution in [0.15, 0.2) is 40.9 Å². The monoisotopic (exact) mass is 349 g/mol. The summed E-state index contributed by atoms with van der Waals surface area (Å²) in [5.74, 6) is 0.893. The maximum Gasteiger partial charge on any atom is 0.125 e. The Kier molecular flexibility index (Phi) is 4.78. The number of halogens is 1. The van der Waals surface area contributed by atoms with E-state index < -0.39 is 0 Å².